The molecule has 2 aromatic rings. The fourth-order valence-electron chi connectivity index (χ4n) is 2.20. The maximum atomic E-state index is 12.5. The van der Waals surface area contributed by atoms with E-state index in [4.69, 9.17) is 5.11 Å². The van der Waals surface area contributed by atoms with Crippen molar-refractivity contribution in [2.45, 2.75) is 39.0 Å². The Morgan fingerprint density at radius 3 is 2.59 bits per heavy atom. The van der Waals surface area contributed by atoms with E-state index in [2.05, 4.69) is 4.98 Å². The molecule has 2 N–H and O–H groups in total. The van der Waals surface area contributed by atoms with Crippen molar-refractivity contribution in [3.63, 3.8) is 0 Å². The van der Waals surface area contributed by atoms with E-state index < -0.39 is 29.4 Å². The lowest BCUT2D eigenvalue weighted by Crippen LogP contribution is -2.42. The van der Waals surface area contributed by atoms with Gasteiger partial charge in [0.15, 0.2) is 11.2 Å². The number of nitrogens with zero attached hydrogens (tertiary/aromatic N) is 4. The van der Waals surface area contributed by atoms with Crippen LogP contribution in [-0.4, -0.2) is 41.0 Å². The van der Waals surface area contributed by atoms with Gasteiger partial charge in [0.1, 0.15) is 6.04 Å². The van der Waals surface area contributed by atoms with Crippen LogP contribution in [0.2, 0.25) is 0 Å². The number of hydrogen-bond donors (Lipinski definition) is 2. The van der Waals surface area contributed by atoms with Crippen LogP contribution in [0, 0.1) is 0 Å². The van der Waals surface area contributed by atoms with Crippen LogP contribution >= 0.6 is 0 Å². The summed E-state index contributed by atoms with van der Waals surface area (Å²) in [5.74, 6) is -1.12. The summed E-state index contributed by atoms with van der Waals surface area (Å²) in [5, 5.41) is 18.8. The Kier molecular flexibility index (Phi) is 4.18. The third kappa shape index (κ3) is 2.43. The van der Waals surface area contributed by atoms with Crippen molar-refractivity contribution in [1.82, 2.24) is 18.7 Å². The van der Waals surface area contributed by atoms with Gasteiger partial charge in [0.2, 0.25) is 0 Å². The van der Waals surface area contributed by atoms with Crippen LogP contribution in [0.3, 0.4) is 0 Å². The number of carboxylic acid groups (broad SMARTS) is 1. The van der Waals surface area contributed by atoms with E-state index in [1.54, 1.807) is 6.92 Å². The number of aliphatic hydroxyl groups is 1. The molecular formula is C13H18N4O5. The van der Waals surface area contributed by atoms with Crippen molar-refractivity contribution < 1.29 is 15.0 Å². The second kappa shape index (κ2) is 5.76. The summed E-state index contributed by atoms with van der Waals surface area (Å²) in [5.41, 5.74) is -1.11. The fourth-order valence-corrected chi connectivity index (χ4v) is 2.20. The minimum absolute atomic E-state index is 0.0281. The number of carboxylic acids is 1. The maximum Gasteiger partial charge on any atom is 0.332 e. The number of imidazole rings is 1. The maximum absolute atomic E-state index is 12.5. The largest absolute Gasteiger partial charge is 0.480 e. The predicted octanol–water partition coefficient (Wildman–Crippen LogP) is -0.687. The molecule has 120 valence electrons. The van der Waals surface area contributed by atoms with E-state index in [-0.39, 0.29) is 17.7 Å². The highest BCUT2D eigenvalue weighted by atomic mass is 16.4. The van der Waals surface area contributed by atoms with Crippen molar-refractivity contribution in [2.24, 2.45) is 7.05 Å². The minimum atomic E-state index is -1.12. The van der Waals surface area contributed by atoms with Crippen LogP contribution in [0.1, 0.15) is 26.3 Å². The monoisotopic (exact) mass is 310 g/mol. The molecule has 0 saturated carbocycles. The van der Waals surface area contributed by atoms with Crippen LogP contribution in [-0.2, 0) is 18.4 Å². The van der Waals surface area contributed by atoms with E-state index in [9.17, 15) is 19.5 Å². The zero-order valence-electron chi connectivity index (χ0n) is 12.6. The second-order valence-electron chi connectivity index (χ2n) is 5.16. The van der Waals surface area contributed by atoms with Gasteiger partial charge < -0.3 is 14.8 Å². The molecule has 0 aliphatic rings. The van der Waals surface area contributed by atoms with Crippen LogP contribution in [0.25, 0.3) is 11.2 Å². The molecule has 9 nitrogen and oxygen atoms in total. The summed E-state index contributed by atoms with van der Waals surface area (Å²) in [6, 6.07) is -1.00. The Hall–Kier alpha value is -2.42. The summed E-state index contributed by atoms with van der Waals surface area (Å²) in [6.45, 7) is 3.00. The van der Waals surface area contributed by atoms with Gasteiger partial charge in [-0.25, -0.2) is 14.6 Å². The summed E-state index contributed by atoms with van der Waals surface area (Å²) in [6.07, 6.45) is 0.777. The van der Waals surface area contributed by atoms with E-state index >= 15 is 0 Å². The Balaban J connectivity index is 2.79. The van der Waals surface area contributed by atoms with Gasteiger partial charge in [0.05, 0.1) is 19.0 Å². The molecule has 2 aromatic heterocycles. The molecule has 0 saturated heterocycles. The average Bonchev–Trinajstić information content (AvgIpc) is 2.93. The molecule has 1 unspecified atom stereocenters. The predicted molar refractivity (Wildman–Crippen MR) is 77.9 cm³/mol. The second-order valence-corrected chi connectivity index (χ2v) is 5.16. The quantitative estimate of drug-likeness (QED) is 0.754. The first-order chi connectivity index (χ1) is 10.3. The molecule has 22 heavy (non-hydrogen) atoms. The molecule has 2 heterocycles. The van der Waals surface area contributed by atoms with Crippen molar-refractivity contribution in [3.05, 3.63) is 27.2 Å². The van der Waals surface area contributed by atoms with E-state index in [0.717, 1.165) is 4.57 Å². The van der Waals surface area contributed by atoms with E-state index in [1.165, 1.54) is 29.4 Å². The molecule has 2 rings (SSSR count). The number of carbonyl (C=O) groups is 1. The lowest BCUT2D eigenvalue weighted by atomic mass is 10.3. The third-order valence-corrected chi connectivity index (χ3v) is 3.70. The Morgan fingerprint density at radius 1 is 1.41 bits per heavy atom. The molecule has 0 aromatic carbocycles. The van der Waals surface area contributed by atoms with E-state index in [0.29, 0.717) is 6.42 Å². The molecule has 0 aliphatic carbocycles. The Labute approximate surface area is 125 Å². The summed E-state index contributed by atoms with van der Waals surface area (Å²) in [4.78, 5) is 39.9. The van der Waals surface area contributed by atoms with Crippen LogP contribution in [0.5, 0.6) is 0 Å². The first-order valence-electron chi connectivity index (χ1n) is 6.86. The third-order valence-electron chi connectivity index (χ3n) is 3.70. The number of aliphatic hydroxyl groups excluding tert-OH is 1. The zero-order valence-corrected chi connectivity index (χ0v) is 12.6. The van der Waals surface area contributed by atoms with Crippen LogP contribution in [0.15, 0.2) is 15.9 Å². The highest BCUT2D eigenvalue weighted by Crippen LogP contribution is 2.13. The lowest BCUT2D eigenvalue weighted by Gasteiger charge is -2.13. The van der Waals surface area contributed by atoms with Gasteiger partial charge >= 0.3 is 11.7 Å². The number of aliphatic carboxylic acids is 1. The van der Waals surface area contributed by atoms with Crippen LogP contribution in [0.4, 0.5) is 0 Å². The van der Waals surface area contributed by atoms with Gasteiger partial charge in [0, 0.05) is 7.05 Å². The number of rotatable bonds is 5. The topological polar surface area (TPSA) is 119 Å². The van der Waals surface area contributed by atoms with E-state index in [1.807, 2.05) is 0 Å². The number of aryl methyl sites for hydroxylation is 1. The van der Waals surface area contributed by atoms with Gasteiger partial charge in [-0.1, -0.05) is 6.92 Å². The molecule has 0 aliphatic heterocycles. The lowest BCUT2D eigenvalue weighted by molar-refractivity contribution is -0.140. The van der Waals surface area contributed by atoms with Gasteiger partial charge in [-0.3, -0.25) is 13.9 Å². The number of fused-ring (bicyclic) bond motifs is 1. The van der Waals surface area contributed by atoms with Crippen molar-refractivity contribution in [2.75, 3.05) is 0 Å². The van der Waals surface area contributed by atoms with Crippen molar-refractivity contribution in [3.8, 4) is 0 Å². The zero-order chi connectivity index (χ0) is 16.6. The van der Waals surface area contributed by atoms with Crippen LogP contribution < -0.4 is 11.2 Å². The highest BCUT2D eigenvalue weighted by Gasteiger charge is 2.22. The van der Waals surface area contributed by atoms with Gasteiger partial charge in [0.25, 0.3) is 5.56 Å². The molecular weight excluding hydrogens is 292 g/mol. The van der Waals surface area contributed by atoms with Crippen molar-refractivity contribution >= 4 is 17.1 Å². The minimum Gasteiger partial charge on any atom is -0.480 e. The first kappa shape index (κ1) is 16.0. The summed E-state index contributed by atoms with van der Waals surface area (Å²) >= 11 is 0. The van der Waals surface area contributed by atoms with Gasteiger partial charge in [-0.2, -0.15) is 0 Å². The smallest absolute Gasteiger partial charge is 0.332 e. The summed E-state index contributed by atoms with van der Waals surface area (Å²) < 4.78 is 3.29. The molecule has 0 bridgehead atoms. The molecule has 9 heteroatoms. The Morgan fingerprint density at radius 2 is 2.05 bits per heavy atom. The molecule has 0 spiro atoms. The molecule has 0 fully saturated rings. The highest BCUT2D eigenvalue weighted by molar-refractivity contribution is 5.76. The van der Waals surface area contributed by atoms with Crippen molar-refractivity contribution in [1.29, 1.82) is 0 Å². The SMILES string of the molecule is CCC(O)Cn1c(=O)c2c(ncn2[C@@H](C)C(=O)O)n(C)c1=O. The Bertz CT molecular complexity index is 831. The standard InChI is InChI=1S/C13H18N4O5/c1-4-8(18)5-16-11(19)9-10(15(3)13(16)22)14-6-17(9)7(2)12(20)21/h6-8,18H,4-5H2,1-3H3,(H,20,21)/t7-,8?/m0/s1. The summed E-state index contributed by atoms with van der Waals surface area (Å²) in [7, 11) is 1.45. The first-order valence-corrected chi connectivity index (χ1v) is 6.86. The van der Waals surface area contributed by atoms with Gasteiger partial charge in [-0.05, 0) is 13.3 Å². The molecule has 0 amide bonds. The van der Waals surface area contributed by atoms with Gasteiger partial charge in [-0.15, -0.1) is 0 Å². The normalized spacial score (nSPS) is 14.2. The average molecular weight is 310 g/mol. The fraction of sp³-hybridized carbons (Fsp3) is 0.538. The number of aromatic nitrogens is 4. The number of hydrogen-bond acceptors (Lipinski definition) is 5. The molecule has 2 atom stereocenters. The molecule has 0 radical (unpaired) electrons.